The first kappa shape index (κ1) is 25.9. The van der Waals surface area contributed by atoms with Gasteiger partial charge in [0.15, 0.2) is 5.43 Å². The molecule has 39 heavy (non-hydrogen) atoms. The van der Waals surface area contributed by atoms with Gasteiger partial charge in [-0.2, -0.15) is 0 Å². The van der Waals surface area contributed by atoms with Crippen molar-refractivity contribution >= 4 is 46.7 Å². The minimum Gasteiger partial charge on any atom is -0.440 e. The van der Waals surface area contributed by atoms with Gasteiger partial charge in [0.2, 0.25) is 5.88 Å². The molecule has 1 saturated heterocycles. The lowest BCUT2D eigenvalue weighted by Crippen LogP contribution is -2.31. The molecule has 2 aliphatic rings. The Balaban J connectivity index is 1.42. The van der Waals surface area contributed by atoms with Gasteiger partial charge in [-0.05, 0) is 74.8 Å². The number of anilines is 2. The minimum absolute atomic E-state index is 0.0155. The van der Waals surface area contributed by atoms with Crippen LogP contribution in [0.5, 0.6) is 0 Å². The third-order valence-electron chi connectivity index (χ3n) is 7.79. The molecule has 200 valence electrons. The number of halogens is 1. The standard InChI is InChI=1S/C30H31BClN3O4/c1-17-13-22(29-23(14-17)28(36)18(2)30(39-29)35-11-5-4-6-12-35)19(3)33-25-9-10-26(32)34-27(25)20-7-8-21-16-38-31(37)24(21)15-20/h7-10,13-15,19,33,37H,4-6,11-12,16H2,1-3H3/t19-/m0/s1. The van der Waals surface area contributed by atoms with E-state index >= 15 is 0 Å². The summed E-state index contributed by atoms with van der Waals surface area (Å²) < 4.78 is 11.9. The van der Waals surface area contributed by atoms with Crippen molar-refractivity contribution in [2.45, 2.75) is 52.7 Å². The molecule has 1 atom stereocenters. The number of piperidine rings is 1. The molecule has 0 bridgehead atoms. The zero-order chi connectivity index (χ0) is 27.3. The van der Waals surface area contributed by atoms with E-state index in [4.69, 9.17) is 20.7 Å². The molecule has 2 N–H and O–H groups in total. The SMILES string of the molecule is Cc1cc([C@H](C)Nc2ccc(Cl)nc2-c2ccc3c(c2)B(O)OC3)c2oc(N3CCCCC3)c(C)c(=O)c2c1. The van der Waals surface area contributed by atoms with Gasteiger partial charge in [-0.3, -0.25) is 4.79 Å². The number of fused-ring (bicyclic) bond motifs is 2. The van der Waals surface area contributed by atoms with Gasteiger partial charge in [-0.1, -0.05) is 35.9 Å². The Morgan fingerprint density at radius 2 is 1.90 bits per heavy atom. The zero-order valence-electron chi connectivity index (χ0n) is 22.4. The lowest BCUT2D eigenvalue weighted by atomic mass is 9.78. The normalized spacial score (nSPS) is 16.0. The van der Waals surface area contributed by atoms with Crippen molar-refractivity contribution in [2.75, 3.05) is 23.3 Å². The maximum atomic E-state index is 13.5. The molecule has 0 saturated carbocycles. The highest BCUT2D eigenvalue weighted by atomic mass is 35.5. The van der Waals surface area contributed by atoms with Crippen LogP contribution in [0.15, 0.2) is 51.7 Å². The van der Waals surface area contributed by atoms with E-state index in [0.29, 0.717) is 39.9 Å². The molecular weight excluding hydrogens is 513 g/mol. The first-order valence-electron chi connectivity index (χ1n) is 13.5. The molecule has 9 heteroatoms. The highest BCUT2D eigenvalue weighted by molar-refractivity contribution is 6.61. The minimum atomic E-state index is -0.950. The molecule has 1 fully saturated rings. The predicted octanol–water partition coefficient (Wildman–Crippen LogP) is 5.51. The Morgan fingerprint density at radius 1 is 1.10 bits per heavy atom. The van der Waals surface area contributed by atoms with Gasteiger partial charge < -0.3 is 24.3 Å². The molecule has 7 nitrogen and oxygen atoms in total. The van der Waals surface area contributed by atoms with Crippen LogP contribution in [-0.4, -0.2) is 30.2 Å². The first-order chi connectivity index (χ1) is 18.8. The summed E-state index contributed by atoms with van der Waals surface area (Å²) in [6.07, 6.45) is 3.39. The maximum absolute atomic E-state index is 13.5. The van der Waals surface area contributed by atoms with E-state index in [1.165, 1.54) is 6.42 Å². The predicted molar refractivity (Wildman–Crippen MR) is 157 cm³/mol. The second-order valence-electron chi connectivity index (χ2n) is 10.6. The van der Waals surface area contributed by atoms with Crippen LogP contribution in [0.1, 0.15) is 54.5 Å². The number of nitrogens with one attached hydrogen (secondary N) is 1. The van der Waals surface area contributed by atoms with Crippen molar-refractivity contribution in [2.24, 2.45) is 0 Å². The third kappa shape index (κ3) is 4.82. The Morgan fingerprint density at radius 3 is 2.69 bits per heavy atom. The zero-order valence-corrected chi connectivity index (χ0v) is 23.1. The number of benzene rings is 2. The average molecular weight is 544 g/mol. The van der Waals surface area contributed by atoms with Crippen molar-refractivity contribution in [3.05, 3.63) is 80.1 Å². The molecule has 6 rings (SSSR count). The van der Waals surface area contributed by atoms with E-state index in [-0.39, 0.29) is 11.5 Å². The molecule has 4 heterocycles. The third-order valence-corrected chi connectivity index (χ3v) is 8.00. The first-order valence-corrected chi connectivity index (χ1v) is 13.9. The summed E-state index contributed by atoms with van der Waals surface area (Å²) in [4.78, 5) is 20.3. The second-order valence-corrected chi connectivity index (χ2v) is 11.0. The fourth-order valence-corrected chi connectivity index (χ4v) is 5.87. The number of pyridine rings is 1. The number of nitrogens with zero attached hydrogens (tertiary/aromatic N) is 2. The van der Waals surface area contributed by atoms with Gasteiger partial charge in [0.1, 0.15) is 10.7 Å². The molecule has 0 unspecified atom stereocenters. The fraction of sp³-hybridized carbons (Fsp3) is 0.333. The molecule has 0 amide bonds. The van der Waals surface area contributed by atoms with Gasteiger partial charge in [0, 0.05) is 24.2 Å². The van der Waals surface area contributed by atoms with Crippen LogP contribution in [0.4, 0.5) is 11.6 Å². The van der Waals surface area contributed by atoms with Crippen molar-refractivity contribution in [1.29, 1.82) is 0 Å². The summed E-state index contributed by atoms with van der Waals surface area (Å²) in [5.41, 5.74) is 7.13. The summed E-state index contributed by atoms with van der Waals surface area (Å²) in [6, 6.07) is 13.2. The monoisotopic (exact) mass is 543 g/mol. The van der Waals surface area contributed by atoms with Crippen molar-refractivity contribution < 1.29 is 14.1 Å². The van der Waals surface area contributed by atoms with Crippen LogP contribution >= 0.6 is 11.6 Å². The van der Waals surface area contributed by atoms with Crippen LogP contribution in [0.25, 0.3) is 22.2 Å². The average Bonchev–Trinajstić information content (AvgIpc) is 3.31. The number of rotatable bonds is 5. The highest BCUT2D eigenvalue weighted by Gasteiger charge is 2.28. The van der Waals surface area contributed by atoms with Crippen molar-refractivity contribution in [3.63, 3.8) is 0 Å². The number of aryl methyl sites for hydroxylation is 1. The summed E-state index contributed by atoms with van der Waals surface area (Å²) in [7, 11) is -0.950. The Bertz CT molecular complexity index is 1630. The summed E-state index contributed by atoms with van der Waals surface area (Å²) >= 11 is 6.32. The van der Waals surface area contributed by atoms with Crippen molar-refractivity contribution in [1.82, 2.24) is 4.98 Å². The largest absolute Gasteiger partial charge is 0.491 e. The van der Waals surface area contributed by atoms with Crippen LogP contribution in [-0.2, 0) is 11.3 Å². The van der Waals surface area contributed by atoms with Gasteiger partial charge in [0.05, 0.1) is 35.0 Å². The van der Waals surface area contributed by atoms with Crippen LogP contribution in [0.2, 0.25) is 5.15 Å². The Kier molecular flexibility index (Phi) is 6.87. The van der Waals surface area contributed by atoms with Crippen LogP contribution in [0.3, 0.4) is 0 Å². The van der Waals surface area contributed by atoms with E-state index in [1.54, 1.807) is 6.07 Å². The van der Waals surface area contributed by atoms with E-state index in [0.717, 1.165) is 59.3 Å². The maximum Gasteiger partial charge on any atom is 0.491 e. The molecule has 2 aliphatic heterocycles. The van der Waals surface area contributed by atoms with E-state index in [2.05, 4.69) is 21.3 Å². The quantitative estimate of drug-likeness (QED) is 0.254. The van der Waals surface area contributed by atoms with E-state index in [1.807, 2.05) is 51.1 Å². The highest BCUT2D eigenvalue weighted by Crippen LogP contribution is 2.35. The van der Waals surface area contributed by atoms with Crippen molar-refractivity contribution in [3.8, 4) is 11.3 Å². The smallest absolute Gasteiger partial charge is 0.440 e. The number of hydrogen-bond acceptors (Lipinski definition) is 7. The number of aromatic nitrogens is 1. The lowest BCUT2D eigenvalue weighted by molar-refractivity contribution is 0.275. The summed E-state index contributed by atoms with van der Waals surface area (Å²) in [6.45, 7) is 8.08. The van der Waals surface area contributed by atoms with Crippen LogP contribution in [0, 0.1) is 13.8 Å². The van der Waals surface area contributed by atoms with Gasteiger partial charge >= 0.3 is 7.12 Å². The summed E-state index contributed by atoms with van der Waals surface area (Å²) in [5.74, 6) is 0.678. The molecule has 0 spiro atoms. The van der Waals surface area contributed by atoms with Gasteiger partial charge in [-0.25, -0.2) is 4.98 Å². The van der Waals surface area contributed by atoms with Gasteiger partial charge in [0.25, 0.3) is 0 Å². The Hall–Kier alpha value is -3.33. The van der Waals surface area contributed by atoms with Crippen LogP contribution < -0.4 is 21.1 Å². The number of hydrogen-bond donors (Lipinski definition) is 2. The lowest BCUT2D eigenvalue weighted by Gasteiger charge is -2.29. The van der Waals surface area contributed by atoms with E-state index in [9.17, 15) is 9.82 Å². The second kappa shape index (κ2) is 10.3. The van der Waals surface area contributed by atoms with E-state index < -0.39 is 7.12 Å². The molecule has 4 aromatic rings. The molecule has 0 aliphatic carbocycles. The molecule has 2 aromatic heterocycles. The van der Waals surface area contributed by atoms with Gasteiger partial charge in [-0.15, -0.1) is 0 Å². The molecular formula is C30H31BClN3O4. The Labute approximate surface area is 232 Å². The topological polar surface area (TPSA) is 87.8 Å². The fourth-order valence-electron chi connectivity index (χ4n) is 5.72. The summed E-state index contributed by atoms with van der Waals surface area (Å²) in [5, 5.41) is 14.8. The molecule has 0 radical (unpaired) electrons. The molecule has 2 aromatic carbocycles.